The van der Waals surface area contributed by atoms with E-state index in [1.165, 1.54) is 0 Å². The van der Waals surface area contributed by atoms with Crippen molar-refractivity contribution < 1.29 is 18.0 Å². The molecular formula is C13H15F3N4O. The minimum atomic E-state index is -4.49. The van der Waals surface area contributed by atoms with Crippen LogP contribution in [-0.4, -0.2) is 35.0 Å². The van der Waals surface area contributed by atoms with Crippen LogP contribution in [0.3, 0.4) is 0 Å². The highest BCUT2D eigenvalue weighted by Crippen LogP contribution is 2.30. The molecule has 8 heteroatoms. The fourth-order valence-electron chi connectivity index (χ4n) is 2.40. The molecule has 2 heterocycles. The molecule has 1 aliphatic heterocycles. The summed E-state index contributed by atoms with van der Waals surface area (Å²) >= 11 is 0. The van der Waals surface area contributed by atoms with Crippen molar-refractivity contribution in [1.29, 1.82) is 0 Å². The largest absolute Gasteiger partial charge is 0.433 e. The number of alkyl halides is 3. The molecule has 1 aromatic heterocycles. The van der Waals surface area contributed by atoms with Gasteiger partial charge in [0.15, 0.2) is 0 Å². The molecule has 114 valence electrons. The lowest BCUT2D eigenvalue weighted by Gasteiger charge is -2.18. The van der Waals surface area contributed by atoms with Gasteiger partial charge in [0.1, 0.15) is 17.8 Å². The molecule has 1 aromatic rings. The molecule has 1 N–H and O–H groups in total. The molecule has 0 radical (unpaired) electrons. The Morgan fingerprint density at radius 3 is 2.71 bits per heavy atom. The predicted octanol–water partition coefficient (Wildman–Crippen LogP) is 1.60. The van der Waals surface area contributed by atoms with E-state index in [1.54, 1.807) is 4.90 Å². The zero-order valence-corrected chi connectivity index (χ0v) is 11.2. The third kappa shape index (κ3) is 3.25. The van der Waals surface area contributed by atoms with Gasteiger partial charge < -0.3 is 10.2 Å². The minimum absolute atomic E-state index is 0.00917. The Hall–Kier alpha value is -1.86. The lowest BCUT2D eigenvalue weighted by Crippen LogP contribution is -2.34. The molecule has 1 saturated carbocycles. The van der Waals surface area contributed by atoms with Gasteiger partial charge in [-0.05, 0) is 19.3 Å². The number of anilines is 1. The summed E-state index contributed by atoms with van der Waals surface area (Å²) in [7, 11) is 0. The summed E-state index contributed by atoms with van der Waals surface area (Å²) in [6.07, 6.45) is -0.911. The van der Waals surface area contributed by atoms with Gasteiger partial charge >= 0.3 is 6.18 Å². The topological polar surface area (TPSA) is 58.1 Å². The summed E-state index contributed by atoms with van der Waals surface area (Å²) in [5.41, 5.74) is -0.960. The number of carbonyl (C=O) groups is 1. The molecule has 1 aliphatic carbocycles. The highest BCUT2D eigenvalue weighted by molar-refractivity contribution is 5.80. The van der Waals surface area contributed by atoms with E-state index in [0.29, 0.717) is 25.6 Å². The second-order valence-electron chi connectivity index (χ2n) is 5.47. The van der Waals surface area contributed by atoms with E-state index < -0.39 is 11.9 Å². The maximum atomic E-state index is 12.6. The summed E-state index contributed by atoms with van der Waals surface area (Å²) in [6.45, 7) is 0.921. The summed E-state index contributed by atoms with van der Waals surface area (Å²) in [5.74, 6) is 0.0269. The van der Waals surface area contributed by atoms with Crippen molar-refractivity contribution in [3.63, 3.8) is 0 Å². The smallest absolute Gasteiger partial charge is 0.356 e. The molecule has 0 bridgehead atoms. The second kappa shape index (κ2) is 5.16. The number of rotatable bonds is 3. The van der Waals surface area contributed by atoms with Crippen molar-refractivity contribution >= 4 is 11.7 Å². The molecule has 3 rings (SSSR count). The zero-order chi connectivity index (χ0) is 15.0. The zero-order valence-electron chi connectivity index (χ0n) is 11.2. The van der Waals surface area contributed by atoms with Gasteiger partial charge in [0.2, 0.25) is 5.91 Å². The van der Waals surface area contributed by atoms with E-state index in [0.717, 1.165) is 25.2 Å². The van der Waals surface area contributed by atoms with Crippen molar-refractivity contribution in [3.05, 3.63) is 18.1 Å². The van der Waals surface area contributed by atoms with Gasteiger partial charge in [-0.1, -0.05) is 0 Å². The van der Waals surface area contributed by atoms with Gasteiger partial charge in [-0.3, -0.25) is 4.79 Å². The average molecular weight is 300 g/mol. The van der Waals surface area contributed by atoms with Crippen LogP contribution in [0.4, 0.5) is 19.0 Å². The fraction of sp³-hybridized carbons (Fsp3) is 0.615. The van der Waals surface area contributed by atoms with Gasteiger partial charge in [0, 0.05) is 25.2 Å². The molecule has 21 heavy (non-hydrogen) atoms. The SMILES string of the molecule is O=C(NC1CC1)C1CCN(c2cc(C(F)(F)F)ncn2)C1. The van der Waals surface area contributed by atoms with Crippen LogP contribution in [0.5, 0.6) is 0 Å². The first kappa shape index (κ1) is 14.1. The summed E-state index contributed by atoms with van der Waals surface area (Å²) in [5, 5.41) is 2.93. The van der Waals surface area contributed by atoms with Crippen LogP contribution < -0.4 is 10.2 Å². The molecule has 0 spiro atoms. The van der Waals surface area contributed by atoms with E-state index in [2.05, 4.69) is 15.3 Å². The first-order valence-corrected chi connectivity index (χ1v) is 6.88. The number of hydrogen-bond donors (Lipinski definition) is 1. The Labute approximate surface area is 119 Å². The highest BCUT2D eigenvalue weighted by Gasteiger charge is 2.35. The Balaban J connectivity index is 1.66. The second-order valence-corrected chi connectivity index (χ2v) is 5.47. The van der Waals surface area contributed by atoms with Crippen LogP contribution >= 0.6 is 0 Å². The number of nitrogens with one attached hydrogen (secondary N) is 1. The first-order chi connectivity index (χ1) is 9.93. The number of aromatic nitrogens is 2. The maximum absolute atomic E-state index is 12.6. The van der Waals surface area contributed by atoms with Crippen LogP contribution in [0.2, 0.25) is 0 Å². The van der Waals surface area contributed by atoms with Gasteiger partial charge in [0.25, 0.3) is 0 Å². The van der Waals surface area contributed by atoms with Crippen LogP contribution in [0.15, 0.2) is 12.4 Å². The van der Waals surface area contributed by atoms with Crippen molar-refractivity contribution in [2.24, 2.45) is 5.92 Å². The van der Waals surface area contributed by atoms with Crippen LogP contribution in [-0.2, 0) is 11.0 Å². The number of carbonyl (C=O) groups excluding carboxylic acids is 1. The monoisotopic (exact) mass is 300 g/mol. The van der Waals surface area contributed by atoms with E-state index >= 15 is 0 Å². The van der Waals surface area contributed by atoms with E-state index in [4.69, 9.17) is 0 Å². The van der Waals surface area contributed by atoms with Crippen molar-refractivity contribution in [2.75, 3.05) is 18.0 Å². The number of amides is 1. The Morgan fingerprint density at radius 2 is 2.05 bits per heavy atom. The normalized spacial score (nSPS) is 22.4. The molecule has 1 saturated heterocycles. The minimum Gasteiger partial charge on any atom is -0.356 e. The maximum Gasteiger partial charge on any atom is 0.433 e. The molecule has 2 aliphatic rings. The Kier molecular flexibility index (Phi) is 3.46. The molecule has 0 aromatic carbocycles. The van der Waals surface area contributed by atoms with Crippen LogP contribution in [0, 0.1) is 5.92 Å². The van der Waals surface area contributed by atoms with Crippen molar-refractivity contribution in [1.82, 2.24) is 15.3 Å². The molecule has 5 nitrogen and oxygen atoms in total. The Bertz CT molecular complexity index is 544. The van der Waals surface area contributed by atoms with Crippen LogP contribution in [0.25, 0.3) is 0 Å². The average Bonchev–Trinajstić information content (AvgIpc) is 3.11. The van der Waals surface area contributed by atoms with Gasteiger partial charge in [0.05, 0.1) is 5.92 Å². The number of nitrogens with zero attached hydrogens (tertiary/aromatic N) is 3. The van der Waals surface area contributed by atoms with E-state index in [9.17, 15) is 18.0 Å². The van der Waals surface area contributed by atoms with Gasteiger partial charge in [-0.2, -0.15) is 13.2 Å². The number of halogens is 3. The summed E-state index contributed by atoms with van der Waals surface area (Å²) in [6, 6.07) is 1.23. The quantitative estimate of drug-likeness (QED) is 0.921. The summed E-state index contributed by atoms with van der Waals surface area (Å²) < 4.78 is 37.9. The Morgan fingerprint density at radius 1 is 1.29 bits per heavy atom. The van der Waals surface area contributed by atoms with Gasteiger partial charge in [-0.25, -0.2) is 9.97 Å². The standard InChI is InChI=1S/C13H15F3N4O/c14-13(15,16)10-5-11(18-7-17-10)20-4-3-8(6-20)12(21)19-9-1-2-9/h5,7-9H,1-4,6H2,(H,19,21). The predicted molar refractivity (Wildman–Crippen MR) is 68.5 cm³/mol. The summed E-state index contributed by atoms with van der Waals surface area (Å²) in [4.78, 5) is 20.8. The van der Waals surface area contributed by atoms with Crippen molar-refractivity contribution in [2.45, 2.75) is 31.5 Å². The van der Waals surface area contributed by atoms with Crippen molar-refractivity contribution in [3.8, 4) is 0 Å². The lowest BCUT2D eigenvalue weighted by atomic mass is 10.1. The molecular weight excluding hydrogens is 285 g/mol. The third-order valence-electron chi connectivity index (χ3n) is 3.75. The molecule has 1 atom stereocenters. The number of hydrogen-bond acceptors (Lipinski definition) is 4. The fourth-order valence-corrected chi connectivity index (χ4v) is 2.40. The molecule has 1 unspecified atom stereocenters. The van der Waals surface area contributed by atoms with Crippen LogP contribution in [0.1, 0.15) is 25.0 Å². The lowest BCUT2D eigenvalue weighted by molar-refractivity contribution is -0.141. The van der Waals surface area contributed by atoms with E-state index in [-0.39, 0.29) is 17.6 Å². The third-order valence-corrected chi connectivity index (χ3v) is 3.75. The van der Waals surface area contributed by atoms with E-state index in [1.807, 2.05) is 0 Å². The molecule has 1 amide bonds. The molecule has 2 fully saturated rings. The van der Waals surface area contributed by atoms with Gasteiger partial charge in [-0.15, -0.1) is 0 Å². The first-order valence-electron chi connectivity index (χ1n) is 6.88. The highest BCUT2D eigenvalue weighted by atomic mass is 19.4.